The lowest BCUT2D eigenvalue weighted by molar-refractivity contribution is 0.220. The fraction of sp³-hybridized carbons (Fsp3) is 0.400. The standard InChI is InChI=1S/C20H26N2O2S2/c1-25-19-9-11-20(12-10-19)26(23,24)21-15-17-7-3-4-8-18(17)16-22-13-5-2-6-14-22/h3-4,7-12,21H,2,5-6,13-16H2,1H3. The van der Waals surface area contributed by atoms with Crippen molar-refractivity contribution in [3.8, 4) is 0 Å². The number of thioether (sulfide) groups is 1. The van der Waals surface area contributed by atoms with E-state index in [0.29, 0.717) is 11.4 Å². The molecule has 0 unspecified atom stereocenters. The van der Waals surface area contributed by atoms with E-state index in [1.165, 1.54) is 24.8 Å². The molecule has 2 aromatic rings. The molecular weight excluding hydrogens is 364 g/mol. The van der Waals surface area contributed by atoms with Gasteiger partial charge >= 0.3 is 0 Å². The lowest BCUT2D eigenvalue weighted by Crippen LogP contribution is -2.30. The van der Waals surface area contributed by atoms with Gasteiger partial charge in [0.05, 0.1) is 4.90 Å². The van der Waals surface area contributed by atoms with Gasteiger partial charge in [-0.2, -0.15) is 0 Å². The Morgan fingerprint density at radius 2 is 1.62 bits per heavy atom. The van der Waals surface area contributed by atoms with Crippen LogP contribution in [0, 0.1) is 0 Å². The lowest BCUT2D eigenvalue weighted by atomic mass is 10.1. The molecule has 0 aliphatic carbocycles. The van der Waals surface area contributed by atoms with Gasteiger partial charge < -0.3 is 0 Å². The first-order chi connectivity index (χ1) is 12.6. The molecule has 0 spiro atoms. The summed E-state index contributed by atoms with van der Waals surface area (Å²) in [6.45, 7) is 3.46. The van der Waals surface area contributed by atoms with E-state index in [1.807, 2.05) is 36.6 Å². The fourth-order valence-electron chi connectivity index (χ4n) is 3.25. The lowest BCUT2D eigenvalue weighted by Gasteiger charge is -2.27. The van der Waals surface area contributed by atoms with Gasteiger partial charge in [0.2, 0.25) is 10.0 Å². The Labute approximate surface area is 161 Å². The fourth-order valence-corrected chi connectivity index (χ4v) is 4.67. The molecule has 0 atom stereocenters. The van der Waals surface area contributed by atoms with Crippen molar-refractivity contribution in [3.05, 3.63) is 59.7 Å². The zero-order valence-corrected chi connectivity index (χ0v) is 16.8. The van der Waals surface area contributed by atoms with E-state index < -0.39 is 10.0 Å². The smallest absolute Gasteiger partial charge is 0.240 e. The van der Waals surface area contributed by atoms with Crippen LogP contribution in [0.3, 0.4) is 0 Å². The Balaban J connectivity index is 1.68. The van der Waals surface area contributed by atoms with Gasteiger partial charge in [-0.25, -0.2) is 13.1 Å². The highest BCUT2D eigenvalue weighted by Crippen LogP contribution is 2.19. The first kappa shape index (κ1) is 19.4. The van der Waals surface area contributed by atoms with Gasteiger partial charge in [-0.3, -0.25) is 4.90 Å². The van der Waals surface area contributed by atoms with E-state index in [-0.39, 0.29) is 0 Å². The summed E-state index contributed by atoms with van der Waals surface area (Å²) in [6, 6.07) is 15.1. The Morgan fingerprint density at radius 1 is 0.962 bits per heavy atom. The number of nitrogens with one attached hydrogen (secondary N) is 1. The van der Waals surface area contributed by atoms with E-state index >= 15 is 0 Å². The van der Waals surface area contributed by atoms with E-state index in [2.05, 4.69) is 15.7 Å². The van der Waals surface area contributed by atoms with Crippen LogP contribution in [0.15, 0.2) is 58.3 Å². The second-order valence-corrected chi connectivity index (χ2v) is 9.25. The number of rotatable bonds is 7. The van der Waals surface area contributed by atoms with Crippen LogP contribution >= 0.6 is 11.8 Å². The predicted molar refractivity (Wildman–Crippen MR) is 108 cm³/mol. The normalized spacial score (nSPS) is 15.9. The molecular formula is C20H26N2O2S2. The molecule has 0 bridgehead atoms. The van der Waals surface area contributed by atoms with Gasteiger partial charge in [0.1, 0.15) is 0 Å². The predicted octanol–water partition coefficient (Wildman–Crippen LogP) is 3.87. The van der Waals surface area contributed by atoms with Crippen LogP contribution in [0.1, 0.15) is 30.4 Å². The third-order valence-electron chi connectivity index (χ3n) is 4.78. The van der Waals surface area contributed by atoms with Crippen LogP contribution in [-0.2, 0) is 23.1 Å². The Kier molecular flexibility index (Phi) is 6.75. The maximum atomic E-state index is 12.6. The van der Waals surface area contributed by atoms with Crippen LogP contribution in [-0.4, -0.2) is 32.7 Å². The number of benzene rings is 2. The molecule has 26 heavy (non-hydrogen) atoms. The van der Waals surface area contributed by atoms with Gasteiger partial charge in [-0.15, -0.1) is 11.8 Å². The van der Waals surface area contributed by atoms with Crippen LogP contribution < -0.4 is 4.72 Å². The van der Waals surface area contributed by atoms with Crippen molar-refractivity contribution >= 4 is 21.8 Å². The summed E-state index contributed by atoms with van der Waals surface area (Å²) < 4.78 is 27.9. The molecule has 0 saturated carbocycles. The molecule has 1 aliphatic heterocycles. The van der Waals surface area contributed by atoms with E-state index in [0.717, 1.165) is 30.1 Å². The zero-order valence-electron chi connectivity index (χ0n) is 15.1. The van der Waals surface area contributed by atoms with E-state index in [4.69, 9.17) is 0 Å². The maximum Gasteiger partial charge on any atom is 0.240 e. The highest BCUT2D eigenvalue weighted by molar-refractivity contribution is 7.98. The van der Waals surface area contributed by atoms with Crippen molar-refractivity contribution in [3.63, 3.8) is 0 Å². The molecule has 140 valence electrons. The molecule has 6 heteroatoms. The molecule has 1 fully saturated rings. The molecule has 3 rings (SSSR count). The van der Waals surface area contributed by atoms with Crippen LogP contribution in [0.2, 0.25) is 0 Å². The summed E-state index contributed by atoms with van der Waals surface area (Å²) in [7, 11) is -3.51. The van der Waals surface area contributed by atoms with Crippen molar-refractivity contribution in [1.29, 1.82) is 0 Å². The Morgan fingerprint density at radius 3 is 2.27 bits per heavy atom. The van der Waals surface area contributed by atoms with Gasteiger partial charge in [-0.1, -0.05) is 30.7 Å². The molecule has 1 aliphatic rings. The molecule has 0 amide bonds. The first-order valence-corrected chi connectivity index (χ1v) is 11.7. The minimum absolute atomic E-state index is 0.309. The maximum absolute atomic E-state index is 12.6. The molecule has 2 aromatic carbocycles. The summed E-state index contributed by atoms with van der Waals surface area (Å²) in [5.74, 6) is 0. The number of nitrogens with zero attached hydrogens (tertiary/aromatic N) is 1. The molecule has 4 nitrogen and oxygen atoms in total. The van der Waals surface area contributed by atoms with Gasteiger partial charge in [0, 0.05) is 18.0 Å². The monoisotopic (exact) mass is 390 g/mol. The van der Waals surface area contributed by atoms with Crippen LogP contribution in [0.4, 0.5) is 0 Å². The van der Waals surface area contributed by atoms with Crippen LogP contribution in [0.5, 0.6) is 0 Å². The van der Waals surface area contributed by atoms with Gasteiger partial charge in [0.25, 0.3) is 0 Å². The summed E-state index contributed by atoms with van der Waals surface area (Å²) in [6.07, 6.45) is 5.79. The average Bonchev–Trinajstić information content (AvgIpc) is 2.68. The number of likely N-dealkylation sites (tertiary alicyclic amines) is 1. The van der Waals surface area contributed by atoms with Crippen molar-refractivity contribution < 1.29 is 8.42 Å². The molecule has 1 heterocycles. The topological polar surface area (TPSA) is 49.4 Å². The van der Waals surface area contributed by atoms with E-state index in [1.54, 1.807) is 23.9 Å². The Bertz CT molecular complexity index is 814. The quantitative estimate of drug-likeness (QED) is 0.729. The third-order valence-corrected chi connectivity index (χ3v) is 6.94. The largest absolute Gasteiger partial charge is 0.299 e. The SMILES string of the molecule is CSc1ccc(S(=O)(=O)NCc2ccccc2CN2CCCCC2)cc1. The first-order valence-electron chi connectivity index (χ1n) is 9.01. The average molecular weight is 391 g/mol. The molecule has 0 aromatic heterocycles. The second-order valence-electron chi connectivity index (χ2n) is 6.61. The number of hydrogen-bond donors (Lipinski definition) is 1. The zero-order chi connectivity index (χ0) is 18.4. The summed E-state index contributed by atoms with van der Waals surface area (Å²) in [4.78, 5) is 3.82. The van der Waals surface area contributed by atoms with Crippen molar-refractivity contribution in [2.45, 2.75) is 42.1 Å². The highest BCUT2D eigenvalue weighted by atomic mass is 32.2. The highest BCUT2D eigenvalue weighted by Gasteiger charge is 2.16. The third kappa shape index (κ3) is 5.10. The van der Waals surface area contributed by atoms with Crippen molar-refractivity contribution in [2.75, 3.05) is 19.3 Å². The van der Waals surface area contributed by atoms with Crippen LogP contribution in [0.25, 0.3) is 0 Å². The number of piperidine rings is 1. The summed E-state index contributed by atoms with van der Waals surface area (Å²) in [5.41, 5.74) is 2.25. The van der Waals surface area contributed by atoms with E-state index in [9.17, 15) is 8.42 Å². The minimum atomic E-state index is -3.51. The molecule has 1 saturated heterocycles. The Hall–Kier alpha value is -1.34. The number of sulfonamides is 1. The van der Waals surface area contributed by atoms with Gasteiger partial charge in [0.15, 0.2) is 0 Å². The summed E-state index contributed by atoms with van der Waals surface area (Å²) in [5, 5.41) is 0. The van der Waals surface area contributed by atoms with Crippen molar-refractivity contribution in [2.24, 2.45) is 0 Å². The molecule has 1 N–H and O–H groups in total. The van der Waals surface area contributed by atoms with Gasteiger partial charge in [-0.05, 0) is 67.6 Å². The van der Waals surface area contributed by atoms with Crippen molar-refractivity contribution in [1.82, 2.24) is 9.62 Å². The molecule has 0 radical (unpaired) electrons. The minimum Gasteiger partial charge on any atom is -0.299 e. The number of hydrogen-bond acceptors (Lipinski definition) is 4. The summed E-state index contributed by atoms with van der Waals surface area (Å²) >= 11 is 1.60. The second kappa shape index (κ2) is 9.04.